The normalized spacial score (nSPS) is 27.0. The first-order chi connectivity index (χ1) is 10.9. The minimum Gasteiger partial charge on any atom is -0.493 e. The number of rotatable bonds is 5. The summed E-state index contributed by atoms with van der Waals surface area (Å²) in [5.74, 6) is 0.735. The van der Waals surface area contributed by atoms with E-state index in [0.717, 1.165) is 25.7 Å². The standard InChI is InChI=1S/C15H21ClN2O4S/c1-21-13-7-12(16)15(8-14(13)22-2)23(19,20)18-11-5-9-3-4-10(6-11)17-9/h7-11,17-18H,3-6H2,1-2H3. The Labute approximate surface area is 141 Å². The van der Waals surface area contributed by atoms with Gasteiger partial charge in [-0.3, -0.25) is 0 Å². The molecule has 6 nitrogen and oxygen atoms in total. The SMILES string of the molecule is COc1cc(Cl)c(S(=O)(=O)NC2CC3CCC(C2)N3)cc1OC. The second kappa shape index (κ2) is 6.47. The van der Waals surface area contributed by atoms with Gasteiger partial charge in [0.1, 0.15) is 4.90 Å². The number of benzene rings is 1. The van der Waals surface area contributed by atoms with Crippen LogP contribution in [0.5, 0.6) is 11.5 Å². The maximum atomic E-state index is 12.7. The van der Waals surface area contributed by atoms with E-state index in [1.807, 2.05) is 0 Å². The lowest BCUT2D eigenvalue weighted by Gasteiger charge is -2.29. The number of piperidine rings is 1. The van der Waals surface area contributed by atoms with Gasteiger partial charge >= 0.3 is 0 Å². The van der Waals surface area contributed by atoms with Crippen LogP contribution in [0.15, 0.2) is 17.0 Å². The fourth-order valence-corrected chi connectivity index (χ4v) is 5.27. The molecule has 2 saturated heterocycles. The van der Waals surface area contributed by atoms with Gasteiger partial charge in [-0.25, -0.2) is 13.1 Å². The van der Waals surface area contributed by atoms with Crippen LogP contribution < -0.4 is 19.5 Å². The average molecular weight is 361 g/mol. The lowest BCUT2D eigenvalue weighted by atomic mass is 10.0. The van der Waals surface area contributed by atoms with Crippen molar-refractivity contribution in [3.8, 4) is 11.5 Å². The zero-order valence-electron chi connectivity index (χ0n) is 13.1. The lowest BCUT2D eigenvalue weighted by Crippen LogP contribution is -2.47. The minimum atomic E-state index is -3.71. The Morgan fingerprint density at radius 1 is 1.13 bits per heavy atom. The van der Waals surface area contributed by atoms with E-state index in [1.165, 1.54) is 26.4 Å². The molecule has 8 heteroatoms. The molecule has 2 bridgehead atoms. The van der Waals surface area contributed by atoms with Crippen molar-refractivity contribution in [1.82, 2.24) is 10.0 Å². The van der Waals surface area contributed by atoms with Crippen LogP contribution in [0.3, 0.4) is 0 Å². The molecule has 0 radical (unpaired) electrons. The Hall–Kier alpha value is -1.02. The Kier molecular flexibility index (Phi) is 4.73. The Balaban J connectivity index is 1.84. The third kappa shape index (κ3) is 3.42. The first-order valence-corrected chi connectivity index (χ1v) is 9.49. The monoisotopic (exact) mass is 360 g/mol. The fraction of sp³-hybridized carbons (Fsp3) is 0.600. The Morgan fingerprint density at radius 3 is 2.26 bits per heavy atom. The molecule has 0 amide bonds. The topological polar surface area (TPSA) is 76.7 Å². The first-order valence-electron chi connectivity index (χ1n) is 7.63. The number of sulfonamides is 1. The van der Waals surface area contributed by atoms with Gasteiger partial charge in [0, 0.05) is 30.3 Å². The van der Waals surface area contributed by atoms with E-state index in [2.05, 4.69) is 10.0 Å². The molecule has 2 N–H and O–H groups in total. The summed E-state index contributed by atoms with van der Waals surface area (Å²) in [6, 6.07) is 3.60. The molecule has 2 aliphatic rings. The second-order valence-electron chi connectivity index (χ2n) is 6.07. The van der Waals surface area contributed by atoms with Crippen molar-refractivity contribution < 1.29 is 17.9 Å². The highest BCUT2D eigenvalue weighted by atomic mass is 35.5. The van der Waals surface area contributed by atoms with Crippen LogP contribution in [0, 0.1) is 0 Å². The van der Waals surface area contributed by atoms with E-state index in [1.54, 1.807) is 0 Å². The van der Waals surface area contributed by atoms with E-state index in [-0.39, 0.29) is 16.0 Å². The highest BCUT2D eigenvalue weighted by Gasteiger charge is 2.36. The molecule has 1 aromatic carbocycles. The van der Waals surface area contributed by atoms with Gasteiger partial charge in [-0.2, -0.15) is 0 Å². The van der Waals surface area contributed by atoms with Crippen molar-refractivity contribution >= 4 is 21.6 Å². The van der Waals surface area contributed by atoms with E-state index in [4.69, 9.17) is 21.1 Å². The van der Waals surface area contributed by atoms with E-state index in [9.17, 15) is 8.42 Å². The summed E-state index contributed by atoms with van der Waals surface area (Å²) in [5, 5.41) is 3.61. The van der Waals surface area contributed by atoms with Crippen LogP contribution in [0.4, 0.5) is 0 Å². The second-order valence-corrected chi connectivity index (χ2v) is 8.15. The fourth-order valence-electron chi connectivity index (χ4n) is 3.48. The Morgan fingerprint density at radius 2 is 1.70 bits per heavy atom. The van der Waals surface area contributed by atoms with Crippen molar-refractivity contribution in [3.63, 3.8) is 0 Å². The first kappa shape index (κ1) is 16.8. The summed E-state index contributed by atoms with van der Waals surface area (Å²) < 4.78 is 38.5. The van der Waals surface area contributed by atoms with Crippen molar-refractivity contribution in [3.05, 3.63) is 17.2 Å². The Bertz CT molecular complexity index is 683. The zero-order chi connectivity index (χ0) is 16.6. The largest absolute Gasteiger partial charge is 0.493 e. The molecule has 2 atom stereocenters. The maximum Gasteiger partial charge on any atom is 0.242 e. The smallest absolute Gasteiger partial charge is 0.242 e. The van der Waals surface area contributed by atoms with Crippen molar-refractivity contribution in [1.29, 1.82) is 0 Å². The van der Waals surface area contributed by atoms with E-state index >= 15 is 0 Å². The third-order valence-corrected chi connectivity index (χ3v) is 6.51. The van der Waals surface area contributed by atoms with Gasteiger partial charge in [-0.1, -0.05) is 11.6 Å². The van der Waals surface area contributed by atoms with Crippen molar-refractivity contribution in [2.75, 3.05) is 14.2 Å². The van der Waals surface area contributed by atoms with Crippen molar-refractivity contribution in [2.45, 2.75) is 48.7 Å². The molecule has 128 valence electrons. The molecule has 23 heavy (non-hydrogen) atoms. The molecule has 0 aromatic heterocycles. The number of hydrogen-bond acceptors (Lipinski definition) is 5. The average Bonchev–Trinajstić information content (AvgIpc) is 2.85. The molecular weight excluding hydrogens is 340 g/mol. The predicted molar refractivity (Wildman–Crippen MR) is 87.8 cm³/mol. The molecule has 2 aliphatic heterocycles. The molecule has 1 aromatic rings. The van der Waals surface area contributed by atoms with Gasteiger partial charge in [0.05, 0.1) is 19.2 Å². The molecule has 2 unspecified atom stereocenters. The van der Waals surface area contributed by atoms with Gasteiger partial charge in [-0.15, -0.1) is 0 Å². The highest BCUT2D eigenvalue weighted by Crippen LogP contribution is 2.36. The molecule has 2 heterocycles. The summed E-state index contributed by atoms with van der Waals surface area (Å²) in [5.41, 5.74) is 0. The predicted octanol–water partition coefficient (Wildman–Crippen LogP) is 1.92. The molecular formula is C15H21ClN2O4S. The van der Waals surface area contributed by atoms with Crippen LogP contribution in [0.25, 0.3) is 0 Å². The number of hydrogen-bond donors (Lipinski definition) is 2. The number of ether oxygens (including phenoxy) is 2. The third-order valence-electron chi connectivity index (χ3n) is 4.52. The van der Waals surface area contributed by atoms with Crippen molar-refractivity contribution in [2.24, 2.45) is 0 Å². The van der Waals surface area contributed by atoms with E-state index in [0.29, 0.717) is 23.6 Å². The summed E-state index contributed by atoms with van der Waals surface area (Å²) in [6.45, 7) is 0. The van der Waals surface area contributed by atoms with Crippen LogP contribution >= 0.6 is 11.6 Å². The molecule has 2 fully saturated rings. The van der Waals surface area contributed by atoms with Crippen LogP contribution in [-0.2, 0) is 10.0 Å². The molecule has 3 rings (SSSR count). The summed E-state index contributed by atoms with van der Waals surface area (Å²) in [6.07, 6.45) is 3.83. The van der Waals surface area contributed by atoms with Crippen LogP contribution in [-0.4, -0.2) is 40.8 Å². The zero-order valence-corrected chi connectivity index (χ0v) is 14.7. The molecule has 0 saturated carbocycles. The summed E-state index contributed by atoms with van der Waals surface area (Å²) in [4.78, 5) is 0.0164. The van der Waals surface area contributed by atoms with Gasteiger partial charge in [-0.05, 0) is 25.7 Å². The van der Waals surface area contributed by atoms with Gasteiger partial charge in [0.2, 0.25) is 10.0 Å². The summed E-state index contributed by atoms with van der Waals surface area (Å²) >= 11 is 6.14. The van der Waals surface area contributed by atoms with Crippen LogP contribution in [0.1, 0.15) is 25.7 Å². The van der Waals surface area contributed by atoms with Gasteiger partial charge in [0.25, 0.3) is 0 Å². The summed E-state index contributed by atoms with van der Waals surface area (Å²) in [7, 11) is -0.776. The highest BCUT2D eigenvalue weighted by molar-refractivity contribution is 7.89. The maximum absolute atomic E-state index is 12.7. The number of fused-ring (bicyclic) bond motifs is 2. The minimum absolute atomic E-state index is 0.0164. The number of nitrogens with one attached hydrogen (secondary N) is 2. The van der Waals surface area contributed by atoms with Gasteiger partial charge in [0.15, 0.2) is 11.5 Å². The molecule has 0 spiro atoms. The van der Waals surface area contributed by atoms with Crippen LogP contribution in [0.2, 0.25) is 5.02 Å². The lowest BCUT2D eigenvalue weighted by molar-refractivity contribution is 0.344. The number of methoxy groups -OCH3 is 2. The van der Waals surface area contributed by atoms with E-state index < -0.39 is 10.0 Å². The molecule has 0 aliphatic carbocycles. The quantitative estimate of drug-likeness (QED) is 0.839. The number of halogens is 1. The van der Waals surface area contributed by atoms with Gasteiger partial charge < -0.3 is 14.8 Å².